The van der Waals surface area contributed by atoms with E-state index < -0.39 is 0 Å². The zero-order valence-corrected chi connectivity index (χ0v) is 15.6. The van der Waals surface area contributed by atoms with Crippen molar-refractivity contribution in [2.75, 3.05) is 20.6 Å². The summed E-state index contributed by atoms with van der Waals surface area (Å²) in [6.45, 7) is 4.65. The van der Waals surface area contributed by atoms with Gasteiger partial charge in [-0.15, -0.1) is 0 Å². The average molecular weight is 344 g/mol. The second kappa shape index (κ2) is 9.32. The topological polar surface area (TPSA) is 71.3 Å². The third kappa shape index (κ3) is 5.98. The summed E-state index contributed by atoms with van der Waals surface area (Å²) in [7, 11) is 4.05. The van der Waals surface area contributed by atoms with E-state index in [1.807, 2.05) is 21.0 Å². The first-order valence-electron chi connectivity index (χ1n) is 8.80. The summed E-state index contributed by atoms with van der Waals surface area (Å²) in [5.74, 6) is 1.37. The fourth-order valence-corrected chi connectivity index (χ4v) is 2.62. The van der Waals surface area contributed by atoms with Crippen LogP contribution in [-0.4, -0.2) is 41.6 Å². The molecule has 0 fully saturated rings. The highest BCUT2D eigenvalue weighted by molar-refractivity contribution is 5.75. The zero-order valence-electron chi connectivity index (χ0n) is 15.6. The average Bonchev–Trinajstić information content (AvgIpc) is 3.04. The number of aromatic nitrogens is 2. The van der Waals surface area contributed by atoms with Gasteiger partial charge in [-0.1, -0.05) is 41.9 Å². The van der Waals surface area contributed by atoms with Crippen molar-refractivity contribution in [2.24, 2.45) is 0 Å². The van der Waals surface area contributed by atoms with Gasteiger partial charge in [0.15, 0.2) is 5.82 Å². The lowest BCUT2D eigenvalue weighted by Gasteiger charge is -2.25. The van der Waals surface area contributed by atoms with E-state index in [0.29, 0.717) is 37.5 Å². The van der Waals surface area contributed by atoms with Gasteiger partial charge in [-0.2, -0.15) is 4.98 Å². The van der Waals surface area contributed by atoms with Crippen molar-refractivity contribution in [3.05, 3.63) is 47.1 Å². The van der Waals surface area contributed by atoms with Crippen LogP contribution in [0.5, 0.6) is 0 Å². The van der Waals surface area contributed by atoms with E-state index in [4.69, 9.17) is 4.52 Å². The number of amides is 1. The van der Waals surface area contributed by atoms with E-state index in [-0.39, 0.29) is 11.9 Å². The molecular weight excluding hydrogens is 316 g/mol. The molecule has 25 heavy (non-hydrogen) atoms. The Morgan fingerprint density at radius 1 is 1.28 bits per heavy atom. The predicted octanol–water partition coefficient (Wildman–Crippen LogP) is 2.68. The summed E-state index contributed by atoms with van der Waals surface area (Å²) in [6, 6.07) is 8.60. The van der Waals surface area contributed by atoms with E-state index in [9.17, 15) is 4.79 Å². The molecule has 0 radical (unpaired) electrons. The van der Waals surface area contributed by atoms with Crippen LogP contribution in [0.25, 0.3) is 0 Å². The number of carbonyl (C=O) groups is 1. The number of benzene rings is 1. The van der Waals surface area contributed by atoms with Crippen LogP contribution < -0.4 is 5.32 Å². The highest BCUT2D eigenvalue weighted by Gasteiger charge is 2.15. The second-order valence-electron chi connectivity index (χ2n) is 6.51. The highest BCUT2D eigenvalue weighted by atomic mass is 16.5. The molecule has 6 nitrogen and oxygen atoms in total. The molecule has 136 valence electrons. The van der Waals surface area contributed by atoms with E-state index >= 15 is 0 Å². The number of carbonyl (C=O) groups excluding carboxylic acids is 1. The first-order chi connectivity index (χ1) is 12.0. The van der Waals surface area contributed by atoms with Crippen LogP contribution in [0.2, 0.25) is 0 Å². The molecule has 0 aliphatic heterocycles. The fourth-order valence-electron chi connectivity index (χ4n) is 2.62. The molecule has 0 aliphatic rings. The highest BCUT2D eigenvalue weighted by Crippen LogP contribution is 2.18. The minimum absolute atomic E-state index is 0.0502. The Morgan fingerprint density at radius 2 is 2.00 bits per heavy atom. The van der Waals surface area contributed by atoms with Crippen LogP contribution in [0.4, 0.5) is 0 Å². The summed E-state index contributed by atoms with van der Waals surface area (Å²) < 4.78 is 5.13. The molecule has 2 aromatic rings. The smallest absolute Gasteiger partial charge is 0.226 e. The van der Waals surface area contributed by atoms with Crippen molar-refractivity contribution in [3.8, 4) is 0 Å². The van der Waals surface area contributed by atoms with Gasteiger partial charge < -0.3 is 14.7 Å². The normalized spacial score (nSPS) is 12.4. The largest absolute Gasteiger partial charge is 0.354 e. The van der Waals surface area contributed by atoms with Gasteiger partial charge in [-0.05, 0) is 33.0 Å². The molecule has 1 N–H and O–H groups in total. The summed E-state index contributed by atoms with van der Waals surface area (Å²) in [5, 5.41) is 6.89. The molecular formula is C19H28N4O2. The summed E-state index contributed by atoms with van der Waals surface area (Å²) >= 11 is 0. The molecule has 0 spiro atoms. The second-order valence-corrected chi connectivity index (χ2v) is 6.51. The van der Waals surface area contributed by atoms with Gasteiger partial charge in [0.25, 0.3) is 0 Å². The number of nitrogens with one attached hydrogen (secondary N) is 1. The molecule has 1 aromatic carbocycles. The maximum absolute atomic E-state index is 12.1. The monoisotopic (exact) mass is 344 g/mol. The Bertz CT molecular complexity index is 664. The van der Waals surface area contributed by atoms with Crippen LogP contribution in [0.3, 0.4) is 0 Å². The molecule has 1 heterocycles. The molecule has 1 aromatic heterocycles. The molecule has 6 heteroatoms. The first-order valence-corrected chi connectivity index (χ1v) is 8.80. The van der Waals surface area contributed by atoms with Gasteiger partial charge in [0, 0.05) is 25.8 Å². The molecule has 1 amide bonds. The van der Waals surface area contributed by atoms with Gasteiger partial charge in [0.2, 0.25) is 11.8 Å². The van der Waals surface area contributed by atoms with Gasteiger partial charge in [-0.3, -0.25) is 4.79 Å². The van der Waals surface area contributed by atoms with E-state index in [1.165, 1.54) is 11.1 Å². The van der Waals surface area contributed by atoms with Gasteiger partial charge in [-0.25, -0.2) is 0 Å². The van der Waals surface area contributed by atoms with E-state index in [1.54, 1.807) is 0 Å². The first kappa shape index (κ1) is 19.1. The van der Waals surface area contributed by atoms with Crippen molar-refractivity contribution in [1.82, 2.24) is 20.4 Å². The van der Waals surface area contributed by atoms with Crippen molar-refractivity contribution >= 4 is 5.91 Å². The SMILES string of the molecule is CCc1noc(CCCC(=O)NCC(c2ccc(C)cc2)N(C)C)n1. The quantitative estimate of drug-likeness (QED) is 0.757. The fraction of sp³-hybridized carbons (Fsp3) is 0.526. The Kier molecular flexibility index (Phi) is 7.13. The summed E-state index contributed by atoms with van der Waals surface area (Å²) in [6.07, 6.45) is 2.55. The van der Waals surface area contributed by atoms with Crippen LogP contribution in [-0.2, 0) is 17.6 Å². The molecule has 2 rings (SSSR count). The van der Waals surface area contributed by atoms with Gasteiger partial charge in [0.05, 0.1) is 6.04 Å². The minimum atomic E-state index is 0.0502. The molecule has 0 saturated carbocycles. The third-order valence-corrected chi connectivity index (χ3v) is 4.20. The number of aryl methyl sites for hydroxylation is 3. The zero-order chi connectivity index (χ0) is 18.2. The van der Waals surface area contributed by atoms with Crippen LogP contribution >= 0.6 is 0 Å². The molecule has 0 bridgehead atoms. The number of hydrogen-bond donors (Lipinski definition) is 1. The Hall–Kier alpha value is -2.21. The summed E-state index contributed by atoms with van der Waals surface area (Å²) in [5.41, 5.74) is 2.44. The predicted molar refractivity (Wildman–Crippen MR) is 97.2 cm³/mol. The Balaban J connectivity index is 1.77. The van der Waals surface area contributed by atoms with Crippen molar-refractivity contribution in [2.45, 2.75) is 45.6 Å². The molecule has 0 saturated heterocycles. The standard InChI is InChI=1S/C19H28N4O2/c1-5-17-21-19(25-22-17)8-6-7-18(24)20-13-16(23(3)4)15-11-9-14(2)10-12-15/h9-12,16H,5-8,13H2,1-4H3,(H,20,24). The van der Waals surface area contributed by atoms with Gasteiger partial charge in [0.1, 0.15) is 0 Å². The summed E-state index contributed by atoms with van der Waals surface area (Å²) in [4.78, 5) is 18.5. The van der Waals surface area contributed by atoms with Crippen molar-refractivity contribution in [3.63, 3.8) is 0 Å². The molecule has 1 unspecified atom stereocenters. The van der Waals surface area contributed by atoms with Crippen molar-refractivity contribution in [1.29, 1.82) is 0 Å². The number of rotatable bonds is 9. The third-order valence-electron chi connectivity index (χ3n) is 4.20. The Labute approximate surface area is 149 Å². The number of hydrogen-bond acceptors (Lipinski definition) is 5. The molecule has 0 aliphatic carbocycles. The van der Waals surface area contributed by atoms with E-state index in [0.717, 1.165) is 6.42 Å². The maximum atomic E-state index is 12.1. The maximum Gasteiger partial charge on any atom is 0.226 e. The van der Waals surface area contributed by atoms with Crippen LogP contribution in [0, 0.1) is 6.92 Å². The lowest BCUT2D eigenvalue weighted by atomic mass is 10.0. The van der Waals surface area contributed by atoms with Crippen LogP contribution in [0.15, 0.2) is 28.8 Å². The van der Waals surface area contributed by atoms with Crippen LogP contribution in [0.1, 0.15) is 48.6 Å². The lowest BCUT2D eigenvalue weighted by molar-refractivity contribution is -0.121. The minimum Gasteiger partial charge on any atom is -0.354 e. The lowest BCUT2D eigenvalue weighted by Crippen LogP contribution is -2.34. The van der Waals surface area contributed by atoms with Crippen molar-refractivity contribution < 1.29 is 9.32 Å². The Morgan fingerprint density at radius 3 is 2.60 bits per heavy atom. The van der Waals surface area contributed by atoms with E-state index in [2.05, 4.69) is 51.5 Å². The number of likely N-dealkylation sites (N-methyl/N-ethyl adjacent to an activating group) is 1. The molecule has 1 atom stereocenters. The number of nitrogens with zero attached hydrogens (tertiary/aromatic N) is 3. The van der Waals surface area contributed by atoms with Gasteiger partial charge >= 0.3 is 0 Å².